The molecule has 4 rings (SSSR count). The standard InChI is InChI=1S/C20H28N6O/c1-25(2)20(15-6-4-3-5-7-15)10-8-19(9-11-20)14-26(18(27)24-19)16-12-22-17(21)23-13-16/h4,6-7,12-13H,3,5,8-11,14H2,1-2H3,(H,24,27)(H2,21,22,23). The molecule has 1 spiro atoms. The number of hydrogen-bond donors (Lipinski definition) is 2. The second kappa shape index (κ2) is 6.64. The van der Waals surface area contributed by atoms with Crippen molar-refractivity contribution >= 4 is 17.7 Å². The van der Waals surface area contributed by atoms with Gasteiger partial charge in [0.05, 0.1) is 30.2 Å². The molecule has 3 N–H and O–H groups in total. The van der Waals surface area contributed by atoms with Gasteiger partial charge in [-0.05, 0) is 58.2 Å². The second-order valence-corrected chi connectivity index (χ2v) is 8.16. The summed E-state index contributed by atoms with van der Waals surface area (Å²) in [5, 5.41) is 3.26. The van der Waals surface area contributed by atoms with Crippen LogP contribution >= 0.6 is 0 Å². The lowest BCUT2D eigenvalue weighted by molar-refractivity contribution is 0.101. The number of carbonyl (C=O) groups excluding carboxylic acids is 1. The molecule has 1 aromatic heterocycles. The van der Waals surface area contributed by atoms with E-state index in [0.717, 1.165) is 38.5 Å². The minimum Gasteiger partial charge on any atom is -0.368 e. The van der Waals surface area contributed by atoms with Gasteiger partial charge in [-0.1, -0.05) is 18.2 Å². The van der Waals surface area contributed by atoms with Gasteiger partial charge in [-0.25, -0.2) is 14.8 Å². The van der Waals surface area contributed by atoms with Gasteiger partial charge in [-0.2, -0.15) is 0 Å². The predicted molar refractivity (Wildman–Crippen MR) is 106 cm³/mol. The molecule has 0 radical (unpaired) electrons. The van der Waals surface area contributed by atoms with Crippen molar-refractivity contribution < 1.29 is 4.79 Å². The molecule has 2 fully saturated rings. The smallest absolute Gasteiger partial charge is 0.322 e. The zero-order valence-electron chi connectivity index (χ0n) is 16.1. The van der Waals surface area contributed by atoms with Gasteiger partial charge in [0.15, 0.2) is 0 Å². The van der Waals surface area contributed by atoms with Gasteiger partial charge in [-0.3, -0.25) is 9.80 Å². The molecule has 0 unspecified atom stereocenters. The molecule has 2 aliphatic carbocycles. The summed E-state index contributed by atoms with van der Waals surface area (Å²) in [4.78, 5) is 24.8. The number of anilines is 2. The topological polar surface area (TPSA) is 87.4 Å². The summed E-state index contributed by atoms with van der Waals surface area (Å²) in [5.41, 5.74) is 7.57. The zero-order valence-corrected chi connectivity index (χ0v) is 16.1. The summed E-state index contributed by atoms with van der Waals surface area (Å²) in [7, 11) is 4.35. The SMILES string of the molecule is CN(C)C1(C2=CCCC=C2)CCC2(CC1)CN(c1cnc(N)nc1)C(=O)N2. The third-order valence-corrected chi connectivity index (χ3v) is 6.47. The van der Waals surface area contributed by atoms with Crippen molar-refractivity contribution in [3.63, 3.8) is 0 Å². The highest BCUT2D eigenvalue weighted by atomic mass is 16.2. The lowest BCUT2D eigenvalue weighted by Gasteiger charge is -2.49. The number of nitrogens with two attached hydrogens (primary N) is 1. The van der Waals surface area contributed by atoms with Crippen LogP contribution in [-0.4, -0.2) is 52.6 Å². The van der Waals surface area contributed by atoms with Gasteiger partial charge in [0.1, 0.15) is 0 Å². The average molecular weight is 368 g/mol. The minimum absolute atomic E-state index is 0.0601. The van der Waals surface area contributed by atoms with E-state index in [1.165, 1.54) is 5.57 Å². The van der Waals surface area contributed by atoms with Crippen LogP contribution in [0.15, 0.2) is 36.2 Å². The Labute approximate surface area is 160 Å². The van der Waals surface area contributed by atoms with Crippen LogP contribution in [-0.2, 0) is 0 Å². The Bertz CT molecular complexity index is 774. The van der Waals surface area contributed by atoms with Crippen molar-refractivity contribution in [2.24, 2.45) is 0 Å². The number of rotatable bonds is 3. The Hall–Kier alpha value is -2.41. The highest BCUT2D eigenvalue weighted by Crippen LogP contribution is 2.45. The predicted octanol–water partition coefficient (Wildman–Crippen LogP) is 2.48. The maximum Gasteiger partial charge on any atom is 0.322 e. The van der Waals surface area contributed by atoms with E-state index >= 15 is 0 Å². The van der Waals surface area contributed by atoms with E-state index in [9.17, 15) is 4.79 Å². The monoisotopic (exact) mass is 368 g/mol. The van der Waals surface area contributed by atoms with Gasteiger partial charge < -0.3 is 11.1 Å². The van der Waals surface area contributed by atoms with Crippen molar-refractivity contribution in [1.82, 2.24) is 20.2 Å². The van der Waals surface area contributed by atoms with Crippen molar-refractivity contribution in [2.75, 3.05) is 31.3 Å². The molecule has 27 heavy (non-hydrogen) atoms. The summed E-state index contributed by atoms with van der Waals surface area (Å²) in [6, 6.07) is -0.0718. The third-order valence-electron chi connectivity index (χ3n) is 6.47. The van der Waals surface area contributed by atoms with Crippen LogP contribution in [0.1, 0.15) is 38.5 Å². The number of nitrogen functional groups attached to an aromatic ring is 1. The van der Waals surface area contributed by atoms with Crippen molar-refractivity contribution in [3.05, 3.63) is 36.2 Å². The maximum atomic E-state index is 12.6. The molecule has 3 aliphatic rings. The van der Waals surface area contributed by atoms with E-state index in [1.54, 1.807) is 17.3 Å². The Morgan fingerprint density at radius 1 is 1.15 bits per heavy atom. The van der Waals surface area contributed by atoms with Crippen LogP contribution < -0.4 is 16.0 Å². The van der Waals surface area contributed by atoms with E-state index in [4.69, 9.17) is 5.73 Å². The Kier molecular flexibility index (Phi) is 4.42. The van der Waals surface area contributed by atoms with Crippen LogP contribution in [0.3, 0.4) is 0 Å². The molecule has 1 saturated carbocycles. The minimum atomic E-state index is -0.184. The molecule has 144 valence electrons. The fraction of sp³-hybridized carbons (Fsp3) is 0.550. The Balaban J connectivity index is 1.52. The molecule has 0 bridgehead atoms. The van der Waals surface area contributed by atoms with Gasteiger partial charge >= 0.3 is 6.03 Å². The number of nitrogens with one attached hydrogen (secondary N) is 1. The van der Waals surface area contributed by atoms with E-state index in [-0.39, 0.29) is 23.1 Å². The number of aromatic nitrogens is 2. The normalized spacial score (nSPS) is 30.7. The molecule has 7 nitrogen and oxygen atoms in total. The van der Waals surface area contributed by atoms with Gasteiger partial charge in [0.2, 0.25) is 5.95 Å². The molecule has 2 heterocycles. The summed E-state index contributed by atoms with van der Waals surface area (Å²) in [6.45, 7) is 0.650. The molecule has 1 aliphatic heterocycles. The number of hydrogen-bond acceptors (Lipinski definition) is 5. The molecule has 7 heteroatoms. The summed E-state index contributed by atoms with van der Waals surface area (Å²) < 4.78 is 0. The number of allylic oxidation sites excluding steroid dienone is 2. The van der Waals surface area contributed by atoms with Gasteiger partial charge in [0.25, 0.3) is 0 Å². The number of nitrogens with zero attached hydrogens (tertiary/aromatic N) is 4. The molecule has 2 amide bonds. The van der Waals surface area contributed by atoms with Crippen LogP contribution in [0.5, 0.6) is 0 Å². The molecular formula is C20H28N6O. The first-order valence-electron chi connectivity index (χ1n) is 9.66. The molecule has 1 saturated heterocycles. The summed E-state index contributed by atoms with van der Waals surface area (Å²) in [6.07, 6.45) is 16.4. The Morgan fingerprint density at radius 2 is 1.85 bits per heavy atom. The van der Waals surface area contributed by atoms with E-state index in [1.807, 2.05) is 0 Å². The van der Waals surface area contributed by atoms with Gasteiger partial charge in [-0.15, -0.1) is 0 Å². The van der Waals surface area contributed by atoms with Crippen LogP contribution in [0, 0.1) is 0 Å². The zero-order chi connectivity index (χ0) is 19.1. The largest absolute Gasteiger partial charge is 0.368 e. The fourth-order valence-electron chi connectivity index (χ4n) is 4.77. The highest BCUT2D eigenvalue weighted by molar-refractivity contribution is 5.95. The first-order chi connectivity index (χ1) is 12.9. The van der Waals surface area contributed by atoms with Crippen LogP contribution in [0.4, 0.5) is 16.4 Å². The fourth-order valence-corrected chi connectivity index (χ4v) is 4.77. The quantitative estimate of drug-likeness (QED) is 0.856. The number of urea groups is 1. The first-order valence-corrected chi connectivity index (χ1v) is 9.66. The van der Waals surface area contributed by atoms with E-state index in [0.29, 0.717) is 12.2 Å². The number of amides is 2. The molecular weight excluding hydrogens is 340 g/mol. The number of carbonyl (C=O) groups is 1. The lowest BCUT2D eigenvalue weighted by Crippen LogP contribution is -2.56. The first kappa shape index (κ1) is 18.0. The molecule has 0 atom stereocenters. The highest BCUT2D eigenvalue weighted by Gasteiger charge is 2.50. The molecule has 1 aromatic rings. The van der Waals surface area contributed by atoms with Crippen molar-refractivity contribution in [1.29, 1.82) is 0 Å². The summed E-state index contributed by atoms with van der Waals surface area (Å²) in [5.74, 6) is 0.218. The van der Waals surface area contributed by atoms with Crippen LogP contribution in [0.2, 0.25) is 0 Å². The second-order valence-electron chi connectivity index (χ2n) is 8.16. The Morgan fingerprint density at radius 3 is 2.44 bits per heavy atom. The lowest BCUT2D eigenvalue weighted by atomic mass is 9.68. The van der Waals surface area contributed by atoms with Crippen LogP contribution in [0.25, 0.3) is 0 Å². The summed E-state index contributed by atoms with van der Waals surface area (Å²) >= 11 is 0. The molecule has 0 aromatic carbocycles. The van der Waals surface area contributed by atoms with E-state index in [2.05, 4.69) is 52.5 Å². The third kappa shape index (κ3) is 3.10. The van der Waals surface area contributed by atoms with E-state index < -0.39 is 0 Å². The van der Waals surface area contributed by atoms with Gasteiger partial charge in [0, 0.05) is 5.54 Å². The number of likely N-dealkylation sites (N-methyl/N-ethyl adjacent to an activating group) is 1. The maximum absolute atomic E-state index is 12.6. The average Bonchev–Trinajstić information content (AvgIpc) is 3.00. The van der Waals surface area contributed by atoms with Crippen molar-refractivity contribution in [3.8, 4) is 0 Å². The van der Waals surface area contributed by atoms with Crippen molar-refractivity contribution in [2.45, 2.75) is 49.6 Å².